The van der Waals surface area contributed by atoms with E-state index in [9.17, 15) is 12.8 Å². The Kier molecular flexibility index (Phi) is 4.27. The van der Waals surface area contributed by atoms with Crippen molar-refractivity contribution in [2.45, 2.75) is 18.7 Å². The standard InChI is InChI=1S/C12H14FNO2S/c1-4-8-14(5-2)17(15,16)12-7-6-11(13)9-10(12)3/h1,6-7,9H,5,8H2,2-3H3. The lowest BCUT2D eigenvalue weighted by Crippen LogP contribution is -2.31. The molecule has 1 aromatic rings. The molecule has 0 atom stereocenters. The Hall–Kier alpha value is -1.38. The Bertz CT molecular complexity index is 546. The number of hydrogen-bond acceptors (Lipinski definition) is 2. The molecule has 0 saturated heterocycles. The van der Waals surface area contributed by atoms with Crippen LogP contribution in [0.4, 0.5) is 4.39 Å². The predicted molar refractivity (Wildman–Crippen MR) is 64.4 cm³/mol. The summed E-state index contributed by atoms with van der Waals surface area (Å²) in [5.41, 5.74) is 0.375. The molecule has 0 aliphatic heterocycles. The van der Waals surface area contributed by atoms with Gasteiger partial charge in [0.05, 0.1) is 11.4 Å². The number of hydrogen-bond donors (Lipinski definition) is 0. The first kappa shape index (κ1) is 13.7. The Morgan fingerprint density at radius 3 is 2.59 bits per heavy atom. The van der Waals surface area contributed by atoms with Gasteiger partial charge in [0.15, 0.2) is 0 Å². The molecule has 5 heteroatoms. The molecule has 0 aromatic heterocycles. The summed E-state index contributed by atoms with van der Waals surface area (Å²) in [6.07, 6.45) is 5.13. The second kappa shape index (κ2) is 5.30. The summed E-state index contributed by atoms with van der Waals surface area (Å²) in [6, 6.07) is 3.58. The van der Waals surface area contributed by atoms with Crippen LogP contribution in [-0.2, 0) is 10.0 Å². The summed E-state index contributed by atoms with van der Waals surface area (Å²) in [4.78, 5) is 0.0935. The van der Waals surface area contributed by atoms with Gasteiger partial charge in [-0.1, -0.05) is 12.8 Å². The Balaban J connectivity index is 3.26. The number of rotatable bonds is 4. The third-order valence-electron chi connectivity index (χ3n) is 2.38. The summed E-state index contributed by atoms with van der Waals surface area (Å²) in [5.74, 6) is 1.84. The predicted octanol–water partition coefficient (Wildman–Crippen LogP) is 1.78. The zero-order chi connectivity index (χ0) is 13.1. The van der Waals surface area contributed by atoms with E-state index in [4.69, 9.17) is 6.42 Å². The molecular weight excluding hydrogens is 241 g/mol. The van der Waals surface area contributed by atoms with Gasteiger partial charge in [-0.3, -0.25) is 0 Å². The highest BCUT2D eigenvalue weighted by Gasteiger charge is 2.24. The van der Waals surface area contributed by atoms with Gasteiger partial charge in [-0.15, -0.1) is 6.42 Å². The fourth-order valence-corrected chi connectivity index (χ4v) is 3.08. The van der Waals surface area contributed by atoms with E-state index in [-0.39, 0.29) is 18.0 Å². The molecule has 92 valence electrons. The lowest BCUT2D eigenvalue weighted by Gasteiger charge is -2.19. The number of terminal acetylenes is 1. The van der Waals surface area contributed by atoms with Gasteiger partial charge >= 0.3 is 0 Å². The van der Waals surface area contributed by atoms with Gasteiger partial charge in [0.25, 0.3) is 0 Å². The van der Waals surface area contributed by atoms with Crippen LogP contribution in [0, 0.1) is 25.1 Å². The Morgan fingerprint density at radius 2 is 2.12 bits per heavy atom. The van der Waals surface area contributed by atoms with E-state index in [1.165, 1.54) is 16.4 Å². The van der Waals surface area contributed by atoms with Crippen molar-refractivity contribution in [3.05, 3.63) is 29.6 Å². The van der Waals surface area contributed by atoms with Gasteiger partial charge < -0.3 is 0 Å². The molecule has 0 bridgehead atoms. The molecule has 0 fully saturated rings. The maximum absolute atomic E-state index is 12.9. The van der Waals surface area contributed by atoms with E-state index < -0.39 is 15.8 Å². The van der Waals surface area contributed by atoms with E-state index in [1.807, 2.05) is 0 Å². The highest BCUT2D eigenvalue weighted by molar-refractivity contribution is 7.89. The first-order valence-corrected chi connectivity index (χ1v) is 6.57. The van der Waals surface area contributed by atoms with Gasteiger partial charge in [-0.05, 0) is 30.7 Å². The quantitative estimate of drug-likeness (QED) is 0.769. The third kappa shape index (κ3) is 2.84. The van der Waals surface area contributed by atoms with Crippen LogP contribution in [0.2, 0.25) is 0 Å². The van der Waals surface area contributed by atoms with Crippen molar-refractivity contribution in [1.29, 1.82) is 0 Å². The largest absolute Gasteiger partial charge is 0.244 e. The van der Waals surface area contributed by atoms with E-state index in [0.717, 1.165) is 6.07 Å². The van der Waals surface area contributed by atoms with Gasteiger partial charge in [0, 0.05) is 6.54 Å². The van der Waals surface area contributed by atoms with Crippen molar-refractivity contribution < 1.29 is 12.8 Å². The lowest BCUT2D eigenvalue weighted by molar-refractivity contribution is 0.463. The molecule has 0 spiro atoms. The molecule has 0 aliphatic rings. The third-order valence-corrected chi connectivity index (χ3v) is 4.46. The summed E-state index contributed by atoms with van der Waals surface area (Å²) in [5, 5.41) is 0. The molecular formula is C12H14FNO2S. The number of halogens is 1. The maximum Gasteiger partial charge on any atom is 0.244 e. The Labute approximate surface area is 101 Å². The van der Waals surface area contributed by atoms with Crippen molar-refractivity contribution in [2.24, 2.45) is 0 Å². The first-order valence-electron chi connectivity index (χ1n) is 5.13. The zero-order valence-corrected chi connectivity index (χ0v) is 10.6. The highest BCUT2D eigenvalue weighted by atomic mass is 32.2. The first-order chi connectivity index (χ1) is 7.93. The molecule has 17 heavy (non-hydrogen) atoms. The molecule has 1 rings (SSSR count). The minimum atomic E-state index is -3.64. The van der Waals surface area contributed by atoms with E-state index in [1.54, 1.807) is 13.8 Å². The van der Waals surface area contributed by atoms with Crippen LogP contribution >= 0.6 is 0 Å². The molecule has 1 aromatic carbocycles. The molecule has 0 saturated carbocycles. The zero-order valence-electron chi connectivity index (χ0n) is 9.77. The van der Waals surface area contributed by atoms with Crippen molar-refractivity contribution in [2.75, 3.05) is 13.1 Å². The van der Waals surface area contributed by atoms with Gasteiger partial charge in [0.1, 0.15) is 5.82 Å². The SMILES string of the molecule is C#CCN(CC)S(=O)(=O)c1ccc(F)cc1C. The summed E-state index contributed by atoms with van der Waals surface area (Å²) >= 11 is 0. The molecule has 3 nitrogen and oxygen atoms in total. The van der Waals surface area contributed by atoms with Crippen molar-refractivity contribution in [1.82, 2.24) is 4.31 Å². The topological polar surface area (TPSA) is 37.4 Å². The summed E-state index contributed by atoms with van der Waals surface area (Å²) in [6.45, 7) is 3.55. The molecule has 0 unspecified atom stereocenters. The number of benzene rings is 1. The van der Waals surface area contributed by atoms with Gasteiger partial charge in [-0.25, -0.2) is 12.8 Å². The molecule has 0 amide bonds. The molecule has 0 aliphatic carbocycles. The fourth-order valence-electron chi connectivity index (χ4n) is 1.51. The van der Waals surface area contributed by atoms with Crippen molar-refractivity contribution >= 4 is 10.0 Å². The van der Waals surface area contributed by atoms with E-state index in [2.05, 4.69) is 5.92 Å². The maximum atomic E-state index is 12.9. The van der Waals surface area contributed by atoms with E-state index in [0.29, 0.717) is 5.56 Å². The minimum absolute atomic E-state index is 0.00957. The summed E-state index contributed by atoms with van der Waals surface area (Å²) < 4.78 is 38.5. The average molecular weight is 255 g/mol. The smallest absolute Gasteiger partial charge is 0.207 e. The normalized spacial score (nSPS) is 11.5. The van der Waals surface area contributed by atoms with Crippen molar-refractivity contribution in [3.8, 4) is 12.3 Å². The fraction of sp³-hybridized carbons (Fsp3) is 0.333. The number of aryl methyl sites for hydroxylation is 1. The lowest BCUT2D eigenvalue weighted by atomic mass is 10.2. The van der Waals surface area contributed by atoms with Gasteiger partial charge in [0.2, 0.25) is 10.0 Å². The summed E-state index contributed by atoms with van der Waals surface area (Å²) in [7, 11) is -3.64. The van der Waals surface area contributed by atoms with Crippen LogP contribution < -0.4 is 0 Å². The van der Waals surface area contributed by atoms with Crippen LogP contribution in [0.1, 0.15) is 12.5 Å². The molecule has 0 heterocycles. The van der Waals surface area contributed by atoms with Crippen LogP contribution in [0.5, 0.6) is 0 Å². The van der Waals surface area contributed by atoms with Crippen LogP contribution in [0.15, 0.2) is 23.1 Å². The van der Waals surface area contributed by atoms with Crippen LogP contribution in [0.3, 0.4) is 0 Å². The minimum Gasteiger partial charge on any atom is -0.207 e. The second-order valence-corrected chi connectivity index (χ2v) is 5.45. The average Bonchev–Trinajstić information content (AvgIpc) is 2.24. The van der Waals surface area contributed by atoms with E-state index >= 15 is 0 Å². The van der Waals surface area contributed by atoms with Crippen molar-refractivity contribution in [3.63, 3.8) is 0 Å². The Morgan fingerprint density at radius 1 is 1.47 bits per heavy atom. The molecule has 0 radical (unpaired) electrons. The highest BCUT2D eigenvalue weighted by Crippen LogP contribution is 2.20. The van der Waals surface area contributed by atoms with Crippen LogP contribution in [-0.4, -0.2) is 25.8 Å². The second-order valence-electron chi connectivity index (χ2n) is 3.55. The monoisotopic (exact) mass is 255 g/mol. The van der Waals surface area contributed by atoms with Gasteiger partial charge in [-0.2, -0.15) is 4.31 Å². The number of nitrogens with zero attached hydrogens (tertiary/aromatic N) is 1. The molecule has 0 N–H and O–H groups in total. The van der Waals surface area contributed by atoms with Crippen LogP contribution in [0.25, 0.3) is 0 Å². The number of sulfonamides is 1.